The highest BCUT2D eigenvalue weighted by atomic mass is 19.1. The Kier molecular flexibility index (Phi) is 3.02. The molecule has 0 aromatic heterocycles. The number of carboxylic acids is 1. The molecule has 0 unspecified atom stereocenters. The van der Waals surface area contributed by atoms with E-state index in [0.29, 0.717) is 0 Å². The van der Waals surface area contributed by atoms with Gasteiger partial charge in [-0.15, -0.1) is 0 Å². The summed E-state index contributed by atoms with van der Waals surface area (Å²) >= 11 is 0. The molecule has 0 aliphatic carbocycles. The lowest BCUT2D eigenvalue weighted by Gasteiger charge is -2.04. The number of carbonyl (C=O) groups is 1. The van der Waals surface area contributed by atoms with E-state index in [1.54, 1.807) is 6.07 Å². The standard InChI is InChI=1S/C9H7FN2O2/c10-7-3-6(4-11)1-2-8(7)12-5-9(13)14/h1-3,12H,5H2,(H,13,14). The van der Waals surface area contributed by atoms with Crippen LogP contribution in [0.1, 0.15) is 5.56 Å². The lowest BCUT2D eigenvalue weighted by Crippen LogP contribution is -2.13. The van der Waals surface area contributed by atoms with E-state index in [1.165, 1.54) is 12.1 Å². The zero-order chi connectivity index (χ0) is 10.6. The van der Waals surface area contributed by atoms with Gasteiger partial charge in [-0.1, -0.05) is 0 Å². The van der Waals surface area contributed by atoms with Crippen LogP contribution in [0.25, 0.3) is 0 Å². The topological polar surface area (TPSA) is 73.1 Å². The molecule has 0 bridgehead atoms. The molecule has 0 heterocycles. The lowest BCUT2D eigenvalue weighted by atomic mass is 10.2. The molecule has 0 fully saturated rings. The van der Waals surface area contributed by atoms with E-state index < -0.39 is 11.8 Å². The molecule has 0 atom stereocenters. The van der Waals surface area contributed by atoms with Gasteiger partial charge >= 0.3 is 5.97 Å². The second kappa shape index (κ2) is 4.23. The Hall–Kier alpha value is -2.09. The van der Waals surface area contributed by atoms with Gasteiger partial charge in [-0.25, -0.2) is 4.39 Å². The molecular weight excluding hydrogens is 187 g/mol. The molecule has 4 nitrogen and oxygen atoms in total. The summed E-state index contributed by atoms with van der Waals surface area (Å²) in [5, 5.41) is 19.1. The van der Waals surface area contributed by atoms with Crippen molar-refractivity contribution in [3.05, 3.63) is 29.6 Å². The minimum absolute atomic E-state index is 0.0754. The maximum absolute atomic E-state index is 13.1. The average molecular weight is 194 g/mol. The fraction of sp³-hybridized carbons (Fsp3) is 0.111. The second-order valence-electron chi connectivity index (χ2n) is 2.55. The monoisotopic (exact) mass is 194 g/mol. The van der Waals surface area contributed by atoms with Gasteiger partial charge in [0.25, 0.3) is 0 Å². The summed E-state index contributed by atoms with van der Waals surface area (Å²) in [6.07, 6.45) is 0. The highest BCUT2D eigenvalue weighted by molar-refractivity contribution is 5.72. The minimum atomic E-state index is -1.08. The Bertz CT molecular complexity index is 398. The van der Waals surface area contributed by atoms with Crippen LogP contribution in [0.2, 0.25) is 0 Å². The van der Waals surface area contributed by atoms with Crippen LogP contribution in [0, 0.1) is 17.1 Å². The van der Waals surface area contributed by atoms with Crippen molar-refractivity contribution in [2.45, 2.75) is 0 Å². The third kappa shape index (κ3) is 2.45. The number of hydrogen-bond acceptors (Lipinski definition) is 3. The summed E-state index contributed by atoms with van der Waals surface area (Å²) < 4.78 is 13.1. The fourth-order valence-electron chi connectivity index (χ4n) is 0.899. The summed E-state index contributed by atoms with van der Waals surface area (Å²) in [7, 11) is 0. The van der Waals surface area contributed by atoms with E-state index in [4.69, 9.17) is 10.4 Å². The van der Waals surface area contributed by atoms with Gasteiger partial charge in [0, 0.05) is 0 Å². The van der Waals surface area contributed by atoms with Crippen LogP contribution in [0.4, 0.5) is 10.1 Å². The molecule has 1 aromatic carbocycles. The summed E-state index contributed by atoms with van der Waals surface area (Å²) in [5.41, 5.74) is 0.273. The van der Waals surface area contributed by atoms with Crippen molar-refractivity contribution in [1.82, 2.24) is 0 Å². The number of halogens is 1. The van der Waals surface area contributed by atoms with Crippen molar-refractivity contribution in [3.8, 4) is 6.07 Å². The molecule has 2 N–H and O–H groups in total. The highest BCUT2D eigenvalue weighted by Gasteiger charge is 2.04. The van der Waals surface area contributed by atoms with Gasteiger partial charge in [-0.05, 0) is 18.2 Å². The Morgan fingerprint density at radius 2 is 2.36 bits per heavy atom. The van der Waals surface area contributed by atoms with Gasteiger partial charge in [-0.2, -0.15) is 5.26 Å². The van der Waals surface area contributed by atoms with E-state index in [1.807, 2.05) is 0 Å². The predicted molar refractivity (Wildman–Crippen MR) is 47.2 cm³/mol. The van der Waals surface area contributed by atoms with Gasteiger partial charge in [-0.3, -0.25) is 4.79 Å². The molecule has 0 radical (unpaired) electrons. The van der Waals surface area contributed by atoms with Crippen LogP contribution in [-0.2, 0) is 4.79 Å². The molecule has 0 saturated heterocycles. The molecule has 0 amide bonds. The van der Waals surface area contributed by atoms with E-state index in [9.17, 15) is 9.18 Å². The van der Waals surface area contributed by atoms with Crippen molar-refractivity contribution in [3.63, 3.8) is 0 Å². The van der Waals surface area contributed by atoms with Crippen molar-refractivity contribution in [1.29, 1.82) is 5.26 Å². The average Bonchev–Trinajstić information content (AvgIpc) is 2.15. The number of anilines is 1. The normalized spacial score (nSPS) is 9.14. The van der Waals surface area contributed by atoms with Crippen LogP contribution in [0.5, 0.6) is 0 Å². The van der Waals surface area contributed by atoms with E-state index in [-0.39, 0.29) is 17.8 Å². The van der Waals surface area contributed by atoms with Crippen LogP contribution < -0.4 is 5.32 Å². The molecule has 0 aliphatic heterocycles. The first-order valence-corrected chi connectivity index (χ1v) is 3.79. The maximum Gasteiger partial charge on any atom is 0.322 e. The third-order valence-corrected chi connectivity index (χ3v) is 1.53. The number of rotatable bonds is 3. The Balaban J connectivity index is 2.80. The zero-order valence-electron chi connectivity index (χ0n) is 7.12. The number of benzene rings is 1. The minimum Gasteiger partial charge on any atom is -0.480 e. The van der Waals surface area contributed by atoms with Gasteiger partial charge in [0.05, 0.1) is 17.3 Å². The first kappa shape index (κ1) is 9.99. The quantitative estimate of drug-likeness (QED) is 0.758. The first-order chi connectivity index (χ1) is 6.63. The number of nitrogens with zero attached hydrogens (tertiary/aromatic N) is 1. The Morgan fingerprint density at radius 1 is 1.64 bits per heavy atom. The number of carboxylic acid groups (broad SMARTS) is 1. The van der Waals surface area contributed by atoms with E-state index in [2.05, 4.69) is 5.32 Å². The largest absolute Gasteiger partial charge is 0.480 e. The van der Waals surface area contributed by atoms with Crippen LogP contribution in [0.3, 0.4) is 0 Å². The van der Waals surface area contributed by atoms with Gasteiger partial charge < -0.3 is 10.4 Å². The van der Waals surface area contributed by atoms with Crippen molar-refractivity contribution in [2.24, 2.45) is 0 Å². The van der Waals surface area contributed by atoms with Gasteiger partial charge in [0.2, 0.25) is 0 Å². The zero-order valence-corrected chi connectivity index (χ0v) is 7.12. The van der Waals surface area contributed by atoms with E-state index >= 15 is 0 Å². The third-order valence-electron chi connectivity index (χ3n) is 1.53. The summed E-state index contributed by atoms with van der Waals surface area (Å²) in [6.45, 7) is -0.358. The Morgan fingerprint density at radius 3 is 2.86 bits per heavy atom. The molecule has 1 aromatic rings. The molecule has 5 heteroatoms. The number of aliphatic carboxylic acids is 1. The van der Waals surface area contributed by atoms with Crippen LogP contribution >= 0.6 is 0 Å². The molecule has 0 aliphatic rings. The van der Waals surface area contributed by atoms with Crippen molar-refractivity contribution in [2.75, 3.05) is 11.9 Å². The van der Waals surface area contributed by atoms with Gasteiger partial charge in [0.1, 0.15) is 12.4 Å². The number of hydrogen-bond donors (Lipinski definition) is 2. The molecule has 0 spiro atoms. The van der Waals surface area contributed by atoms with Crippen LogP contribution in [0.15, 0.2) is 18.2 Å². The summed E-state index contributed by atoms with van der Waals surface area (Å²) in [5.74, 6) is -1.71. The maximum atomic E-state index is 13.1. The lowest BCUT2D eigenvalue weighted by molar-refractivity contribution is -0.134. The molecule has 0 saturated carbocycles. The van der Waals surface area contributed by atoms with Crippen molar-refractivity contribution >= 4 is 11.7 Å². The number of nitrogens with one attached hydrogen (secondary N) is 1. The molecular formula is C9H7FN2O2. The van der Waals surface area contributed by atoms with Crippen LogP contribution in [-0.4, -0.2) is 17.6 Å². The number of nitriles is 1. The first-order valence-electron chi connectivity index (χ1n) is 3.79. The Labute approximate surface area is 79.6 Å². The second-order valence-corrected chi connectivity index (χ2v) is 2.55. The highest BCUT2D eigenvalue weighted by Crippen LogP contribution is 2.14. The molecule has 1 rings (SSSR count). The van der Waals surface area contributed by atoms with Crippen molar-refractivity contribution < 1.29 is 14.3 Å². The summed E-state index contributed by atoms with van der Waals surface area (Å²) in [6, 6.07) is 5.56. The molecule has 72 valence electrons. The smallest absolute Gasteiger partial charge is 0.322 e. The van der Waals surface area contributed by atoms with E-state index in [0.717, 1.165) is 6.07 Å². The predicted octanol–water partition coefficient (Wildman–Crippen LogP) is 1.19. The molecule has 14 heavy (non-hydrogen) atoms. The summed E-state index contributed by atoms with van der Waals surface area (Å²) in [4.78, 5) is 10.2. The SMILES string of the molecule is N#Cc1ccc(NCC(=O)O)c(F)c1. The van der Waals surface area contributed by atoms with Gasteiger partial charge in [0.15, 0.2) is 0 Å². The fourth-order valence-corrected chi connectivity index (χ4v) is 0.899.